The van der Waals surface area contributed by atoms with Gasteiger partial charge in [0, 0.05) is 11.1 Å². The Morgan fingerprint density at radius 1 is 1.06 bits per heavy atom. The molecular formula is C25H22N2O4S. The van der Waals surface area contributed by atoms with Crippen LogP contribution >= 0.6 is 11.8 Å². The highest BCUT2D eigenvalue weighted by Gasteiger charge is 2.36. The van der Waals surface area contributed by atoms with Crippen LogP contribution in [-0.4, -0.2) is 35.6 Å². The molecule has 1 saturated heterocycles. The summed E-state index contributed by atoms with van der Waals surface area (Å²) in [5.74, 6) is -0.167. The average Bonchev–Trinajstić information content (AvgIpc) is 3.03. The summed E-state index contributed by atoms with van der Waals surface area (Å²) in [4.78, 5) is 39.1. The Kier molecular flexibility index (Phi) is 6.01. The van der Waals surface area contributed by atoms with Crippen molar-refractivity contribution in [2.75, 3.05) is 19.0 Å². The quantitative estimate of drug-likeness (QED) is 0.549. The van der Waals surface area contributed by atoms with E-state index < -0.39 is 17.1 Å². The van der Waals surface area contributed by atoms with Crippen molar-refractivity contribution < 1.29 is 19.1 Å². The SMILES string of the molecule is COc1ccc(/C=C2/SC(=O)N(CC(=O)Nc3ccc(C)cc3C)C2=O)c2ccccc12. The Morgan fingerprint density at radius 3 is 2.53 bits per heavy atom. The highest BCUT2D eigenvalue weighted by atomic mass is 32.2. The minimum absolute atomic E-state index is 0.282. The molecule has 1 aliphatic heterocycles. The molecule has 32 heavy (non-hydrogen) atoms. The number of rotatable bonds is 5. The van der Waals surface area contributed by atoms with Crippen LogP contribution < -0.4 is 10.1 Å². The van der Waals surface area contributed by atoms with E-state index in [0.717, 1.165) is 49.9 Å². The van der Waals surface area contributed by atoms with Crippen molar-refractivity contribution in [3.8, 4) is 5.75 Å². The van der Waals surface area contributed by atoms with E-state index in [1.54, 1.807) is 13.2 Å². The van der Waals surface area contributed by atoms with Crippen LogP contribution in [0, 0.1) is 13.8 Å². The summed E-state index contributed by atoms with van der Waals surface area (Å²) in [6.07, 6.45) is 1.69. The van der Waals surface area contributed by atoms with E-state index in [4.69, 9.17) is 4.74 Å². The number of anilines is 1. The maximum absolute atomic E-state index is 12.9. The molecule has 3 amide bonds. The van der Waals surface area contributed by atoms with Gasteiger partial charge in [0.05, 0.1) is 12.0 Å². The van der Waals surface area contributed by atoms with E-state index >= 15 is 0 Å². The second kappa shape index (κ2) is 8.88. The molecule has 4 rings (SSSR count). The van der Waals surface area contributed by atoms with Crippen LogP contribution in [0.25, 0.3) is 16.8 Å². The van der Waals surface area contributed by atoms with E-state index in [0.29, 0.717) is 5.69 Å². The molecule has 162 valence electrons. The third kappa shape index (κ3) is 4.24. The van der Waals surface area contributed by atoms with Crippen LogP contribution in [0.5, 0.6) is 5.75 Å². The number of methoxy groups -OCH3 is 1. The third-order valence-electron chi connectivity index (χ3n) is 5.26. The van der Waals surface area contributed by atoms with E-state index in [2.05, 4.69) is 5.32 Å². The maximum Gasteiger partial charge on any atom is 0.294 e. The first-order chi connectivity index (χ1) is 15.4. The smallest absolute Gasteiger partial charge is 0.294 e. The highest BCUT2D eigenvalue weighted by Crippen LogP contribution is 2.35. The second-order valence-electron chi connectivity index (χ2n) is 7.54. The van der Waals surface area contributed by atoms with Gasteiger partial charge in [-0.3, -0.25) is 19.3 Å². The largest absolute Gasteiger partial charge is 0.496 e. The van der Waals surface area contributed by atoms with Crippen molar-refractivity contribution in [3.05, 3.63) is 76.2 Å². The average molecular weight is 447 g/mol. The molecular weight excluding hydrogens is 424 g/mol. The number of fused-ring (bicyclic) bond motifs is 1. The van der Waals surface area contributed by atoms with Crippen LogP contribution in [0.4, 0.5) is 10.5 Å². The van der Waals surface area contributed by atoms with Crippen LogP contribution in [0.1, 0.15) is 16.7 Å². The normalized spacial score (nSPS) is 15.0. The maximum atomic E-state index is 12.9. The number of benzene rings is 3. The van der Waals surface area contributed by atoms with Crippen LogP contribution in [-0.2, 0) is 9.59 Å². The van der Waals surface area contributed by atoms with Crippen molar-refractivity contribution in [1.82, 2.24) is 4.90 Å². The summed E-state index contributed by atoms with van der Waals surface area (Å²) in [6.45, 7) is 3.53. The first-order valence-electron chi connectivity index (χ1n) is 10.1. The zero-order chi connectivity index (χ0) is 22.8. The number of ether oxygens (including phenoxy) is 1. The summed E-state index contributed by atoms with van der Waals surface area (Å²) in [5.41, 5.74) is 3.46. The fourth-order valence-electron chi connectivity index (χ4n) is 3.66. The number of hydrogen-bond donors (Lipinski definition) is 1. The van der Waals surface area contributed by atoms with Crippen LogP contribution in [0.3, 0.4) is 0 Å². The standard InChI is InChI=1S/C25H22N2O4S/c1-15-8-10-20(16(2)12-15)26-23(28)14-27-24(29)22(32-25(27)30)13-17-9-11-21(31-3)19-7-5-4-6-18(17)19/h4-13H,14H2,1-3H3,(H,26,28)/b22-13+. The van der Waals surface area contributed by atoms with Crippen molar-refractivity contribution in [3.63, 3.8) is 0 Å². The first-order valence-corrected chi connectivity index (χ1v) is 10.9. The number of hydrogen-bond acceptors (Lipinski definition) is 5. The fraction of sp³-hybridized carbons (Fsp3) is 0.160. The van der Waals surface area contributed by atoms with Crippen LogP contribution in [0.15, 0.2) is 59.5 Å². The number of amides is 3. The van der Waals surface area contributed by atoms with Gasteiger partial charge in [-0.05, 0) is 60.3 Å². The molecule has 6 nitrogen and oxygen atoms in total. The molecule has 0 saturated carbocycles. The molecule has 3 aromatic rings. The number of carbonyl (C=O) groups is 3. The second-order valence-corrected chi connectivity index (χ2v) is 8.53. The highest BCUT2D eigenvalue weighted by molar-refractivity contribution is 8.18. The lowest BCUT2D eigenvalue weighted by atomic mass is 10.0. The van der Waals surface area contributed by atoms with Gasteiger partial charge in [0.2, 0.25) is 5.91 Å². The number of thioether (sulfide) groups is 1. The minimum atomic E-state index is -0.476. The summed E-state index contributed by atoms with van der Waals surface area (Å²) in [7, 11) is 1.61. The molecule has 1 N–H and O–H groups in total. The van der Waals surface area contributed by atoms with E-state index in [9.17, 15) is 14.4 Å². The molecule has 7 heteroatoms. The number of nitrogens with zero attached hydrogens (tertiary/aromatic N) is 1. The number of nitrogens with one attached hydrogen (secondary N) is 1. The number of imide groups is 1. The Morgan fingerprint density at radius 2 is 1.81 bits per heavy atom. The molecule has 3 aromatic carbocycles. The van der Waals surface area contributed by atoms with E-state index in [1.807, 2.05) is 68.4 Å². The van der Waals surface area contributed by atoms with Gasteiger partial charge in [-0.25, -0.2) is 0 Å². The lowest BCUT2D eigenvalue weighted by Gasteiger charge is -2.14. The molecule has 0 radical (unpaired) electrons. The molecule has 0 unspecified atom stereocenters. The molecule has 1 heterocycles. The molecule has 1 aliphatic rings. The van der Waals surface area contributed by atoms with E-state index in [1.165, 1.54) is 0 Å². The Bertz CT molecular complexity index is 1280. The van der Waals surface area contributed by atoms with Gasteiger partial charge in [0.15, 0.2) is 0 Å². The molecule has 0 bridgehead atoms. The fourth-order valence-corrected chi connectivity index (χ4v) is 4.49. The molecule has 0 atom stereocenters. The zero-order valence-electron chi connectivity index (χ0n) is 18.0. The van der Waals surface area contributed by atoms with Crippen LogP contribution in [0.2, 0.25) is 0 Å². The first kappa shape index (κ1) is 21.6. The third-order valence-corrected chi connectivity index (χ3v) is 6.16. The van der Waals surface area contributed by atoms with Gasteiger partial charge < -0.3 is 10.1 Å². The Labute approximate surface area is 190 Å². The number of aryl methyl sites for hydroxylation is 2. The van der Waals surface area contributed by atoms with Crippen molar-refractivity contribution >= 4 is 51.4 Å². The van der Waals surface area contributed by atoms with Crippen molar-refractivity contribution in [1.29, 1.82) is 0 Å². The Hall–Kier alpha value is -3.58. The topological polar surface area (TPSA) is 75.7 Å². The van der Waals surface area contributed by atoms with Gasteiger partial charge in [0.1, 0.15) is 12.3 Å². The summed E-state index contributed by atoms with van der Waals surface area (Å²) < 4.78 is 5.42. The molecule has 0 aliphatic carbocycles. The van der Waals surface area contributed by atoms with Gasteiger partial charge >= 0.3 is 0 Å². The minimum Gasteiger partial charge on any atom is -0.496 e. The van der Waals surface area contributed by atoms with Crippen molar-refractivity contribution in [2.24, 2.45) is 0 Å². The predicted molar refractivity (Wildman–Crippen MR) is 128 cm³/mol. The molecule has 0 spiro atoms. The summed E-state index contributed by atoms with van der Waals surface area (Å²) in [5, 5.41) is 4.14. The van der Waals surface area contributed by atoms with Gasteiger partial charge in [-0.15, -0.1) is 0 Å². The van der Waals surface area contributed by atoms with E-state index in [-0.39, 0.29) is 11.4 Å². The monoisotopic (exact) mass is 446 g/mol. The van der Waals surface area contributed by atoms with Crippen molar-refractivity contribution in [2.45, 2.75) is 13.8 Å². The lowest BCUT2D eigenvalue weighted by Crippen LogP contribution is -2.36. The predicted octanol–water partition coefficient (Wildman–Crippen LogP) is 5.14. The summed E-state index contributed by atoms with van der Waals surface area (Å²) in [6, 6.07) is 17.0. The van der Waals surface area contributed by atoms with Gasteiger partial charge in [0.25, 0.3) is 11.1 Å². The zero-order valence-corrected chi connectivity index (χ0v) is 18.8. The van der Waals surface area contributed by atoms with Gasteiger partial charge in [-0.2, -0.15) is 0 Å². The number of carbonyl (C=O) groups excluding carboxylic acids is 3. The molecule has 0 aromatic heterocycles. The summed E-state index contributed by atoms with van der Waals surface area (Å²) >= 11 is 0.836. The van der Waals surface area contributed by atoms with Gasteiger partial charge in [-0.1, -0.05) is 48.0 Å². The molecule has 1 fully saturated rings. The Balaban J connectivity index is 1.55. The lowest BCUT2D eigenvalue weighted by molar-refractivity contribution is -0.127.